The first-order valence-corrected chi connectivity index (χ1v) is 8.78. The lowest BCUT2D eigenvalue weighted by Crippen LogP contribution is -2.50. The highest BCUT2D eigenvalue weighted by molar-refractivity contribution is 6.30. The lowest BCUT2D eigenvalue weighted by atomic mass is 10.0. The van der Waals surface area contributed by atoms with Gasteiger partial charge in [-0.15, -0.1) is 0 Å². The summed E-state index contributed by atoms with van der Waals surface area (Å²) in [4.78, 5) is 25.0. The van der Waals surface area contributed by atoms with E-state index < -0.39 is 17.8 Å². The fraction of sp³-hybridized carbons (Fsp3) is 0.300. The van der Waals surface area contributed by atoms with Gasteiger partial charge < -0.3 is 10.6 Å². The summed E-state index contributed by atoms with van der Waals surface area (Å²) in [6, 6.07) is 11.8. The summed E-state index contributed by atoms with van der Waals surface area (Å²) in [6.07, 6.45) is 0. The summed E-state index contributed by atoms with van der Waals surface area (Å²) in [5.74, 6) is -1.73. The molecule has 0 radical (unpaired) electrons. The summed E-state index contributed by atoms with van der Waals surface area (Å²) >= 11 is 5.88. The van der Waals surface area contributed by atoms with Crippen molar-refractivity contribution in [1.82, 2.24) is 10.6 Å². The molecular weight excluding hydrogens is 355 g/mol. The van der Waals surface area contributed by atoms with Crippen LogP contribution in [0.15, 0.2) is 48.5 Å². The molecule has 4 nitrogen and oxygen atoms in total. The minimum Gasteiger partial charge on any atom is -0.348 e. The van der Waals surface area contributed by atoms with E-state index in [1.165, 1.54) is 18.2 Å². The predicted octanol–water partition coefficient (Wildman–Crippen LogP) is 4.11. The first-order chi connectivity index (χ1) is 12.3. The minimum atomic E-state index is -0.781. The molecule has 2 aromatic rings. The molecule has 138 valence electrons. The maximum atomic E-state index is 13.8. The Bertz CT molecular complexity index is 778. The fourth-order valence-corrected chi connectivity index (χ4v) is 2.66. The van der Waals surface area contributed by atoms with Crippen LogP contribution in [0.5, 0.6) is 0 Å². The molecule has 0 saturated carbocycles. The molecule has 0 aliphatic rings. The number of halogens is 2. The van der Waals surface area contributed by atoms with Gasteiger partial charge in [0, 0.05) is 5.02 Å². The predicted molar refractivity (Wildman–Crippen MR) is 101 cm³/mol. The van der Waals surface area contributed by atoms with E-state index >= 15 is 0 Å². The average Bonchev–Trinajstić information content (AvgIpc) is 2.59. The summed E-state index contributed by atoms with van der Waals surface area (Å²) in [6.45, 7) is 5.48. The van der Waals surface area contributed by atoms with Crippen molar-refractivity contribution in [2.45, 2.75) is 32.9 Å². The van der Waals surface area contributed by atoms with Crippen molar-refractivity contribution in [3.63, 3.8) is 0 Å². The molecule has 2 rings (SSSR count). The number of hydrogen-bond acceptors (Lipinski definition) is 2. The monoisotopic (exact) mass is 376 g/mol. The van der Waals surface area contributed by atoms with Crippen LogP contribution in [0.4, 0.5) is 4.39 Å². The van der Waals surface area contributed by atoms with E-state index in [4.69, 9.17) is 11.6 Å². The van der Waals surface area contributed by atoms with Crippen LogP contribution in [0.25, 0.3) is 0 Å². The molecule has 0 saturated heterocycles. The Morgan fingerprint density at radius 1 is 0.962 bits per heavy atom. The van der Waals surface area contributed by atoms with Crippen LogP contribution in [0.1, 0.15) is 42.7 Å². The molecule has 26 heavy (non-hydrogen) atoms. The molecule has 2 N–H and O–H groups in total. The number of carbonyl (C=O) groups excluding carboxylic acids is 2. The van der Waals surface area contributed by atoms with Crippen molar-refractivity contribution in [3.8, 4) is 0 Å². The van der Waals surface area contributed by atoms with Crippen LogP contribution >= 0.6 is 11.6 Å². The lowest BCUT2D eigenvalue weighted by molar-refractivity contribution is -0.124. The smallest absolute Gasteiger partial charge is 0.254 e. The minimum absolute atomic E-state index is 0.0864. The van der Waals surface area contributed by atoms with E-state index in [1.54, 1.807) is 18.2 Å². The Morgan fingerprint density at radius 3 is 2.15 bits per heavy atom. The van der Waals surface area contributed by atoms with Gasteiger partial charge in [-0.25, -0.2) is 4.39 Å². The second-order valence-corrected chi connectivity index (χ2v) is 6.89. The summed E-state index contributed by atoms with van der Waals surface area (Å²) in [7, 11) is 0. The summed E-state index contributed by atoms with van der Waals surface area (Å²) in [5, 5.41) is 6.12. The second-order valence-electron chi connectivity index (χ2n) is 6.46. The van der Waals surface area contributed by atoms with Crippen molar-refractivity contribution >= 4 is 23.4 Å². The van der Waals surface area contributed by atoms with Crippen LogP contribution in [0.3, 0.4) is 0 Å². The van der Waals surface area contributed by atoms with Crippen molar-refractivity contribution in [1.29, 1.82) is 0 Å². The van der Waals surface area contributed by atoms with Gasteiger partial charge in [-0.1, -0.05) is 49.7 Å². The van der Waals surface area contributed by atoms with E-state index in [1.807, 2.05) is 32.9 Å². The van der Waals surface area contributed by atoms with E-state index in [0.717, 1.165) is 5.56 Å². The highest BCUT2D eigenvalue weighted by Gasteiger charge is 2.26. The summed E-state index contributed by atoms with van der Waals surface area (Å²) in [5.41, 5.74) is 0.808. The van der Waals surface area contributed by atoms with Gasteiger partial charge in [0.05, 0.1) is 11.6 Å². The van der Waals surface area contributed by atoms with Crippen LogP contribution in [0, 0.1) is 11.7 Å². The third-order valence-corrected chi connectivity index (χ3v) is 4.33. The maximum absolute atomic E-state index is 13.8. The Kier molecular flexibility index (Phi) is 6.75. The first-order valence-electron chi connectivity index (χ1n) is 8.41. The van der Waals surface area contributed by atoms with Crippen molar-refractivity contribution in [3.05, 3.63) is 70.5 Å². The molecule has 0 aliphatic carbocycles. The quantitative estimate of drug-likeness (QED) is 0.797. The Morgan fingerprint density at radius 2 is 1.58 bits per heavy atom. The molecule has 0 bridgehead atoms. The molecule has 2 unspecified atom stereocenters. The van der Waals surface area contributed by atoms with Gasteiger partial charge in [-0.05, 0) is 42.7 Å². The zero-order valence-corrected chi connectivity index (χ0v) is 15.7. The Balaban J connectivity index is 2.08. The highest BCUT2D eigenvalue weighted by atomic mass is 35.5. The number of hydrogen-bond donors (Lipinski definition) is 2. The fourth-order valence-electron chi connectivity index (χ4n) is 2.54. The number of carbonyl (C=O) groups is 2. The Hall–Kier alpha value is -2.40. The molecule has 6 heteroatoms. The van der Waals surface area contributed by atoms with Crippen molar-refractivity contribution < 1.29 is 14.0 Å². The van der Waals surface area contributed by atoms with Gasteiger partial charge in [0.15, 0.2) is 0 Å². The topological polar surface area (TPSA) is 58.2 Å². The number of benzene rings is 2. The van der Waals surface area contributed by atoms with Crippen LogP contribution in [0.2, 0.25) is 5.02 Å². The average molecular weight is 377 g/mol. The lowest BCUT2D eigenvalue weighted by Gasteiger charge is -2.24. The van der Waals surface area contributed by atoms with Crippen LogP contribution in [-0.2, 0) is 4.79 Å². The molecule has 0 fully saturated rings. The van der Waals surface area contributed by atoms with E-state index in [2.05, 4.69) is 10.6 Å². The van der Waals surface area contributed by atoms with Gasteiger partial charge in [0.25, 0.3) is 5.91 Å². The molecule has 0 spiro atoms. The molecule has 0 aliphatic heterocycles. The SMILES string of the molecule is CC(NC(=O)C(NC(=O)c1ccccc1F)C(C)C)c1ccc(Cl)cc1. The number of nitrogens with one attached hydrogen (secondary N) is 2. The van der Waals surface area contributed by atoms with Crippen LogP contribution in [-0.4, -0.2) is 17.9 Å². The normalized spacial score (nSPS) is 13.2. The molecule has 0 aromatic heterocycles. The molecule has 2 amide bonds. The zero-order chi connectivity index (χ0) is 19.3. The van der Waals surface area contributed by atoms with E-state index in [9.17, 15) is 14.0 Å². The van der Waals surface area contributed by atoms with Gasteiger partial charge in [0.2, 0.25) is 5.91 Å². The Labute approximate surface area is 157 Å². The van der Waals surface area contributed by atoms with E-state index in [-0.39, 0.29) is 23.4 Å². The maximum Gasteiger partial charge on any atom is 0.254 e. The first kappa shape index (κ1) is 19.9. The van der Waals surface area contributed by atoms with Crippen LogP contribution < -0.4 is 10.6 Å². The van der Waals surface area contributed by atoms with Crippen molar-refractivity contribution in [2.75, 3.05) is 0 Å². The van der Waals surface area contributed by atoms with Crippen molar-refractivity contribution in [2.24, 2.45) is 5.92 Å². The van der Waals surface area contributed by atoms with Gasteiger partial charge in [-0.2, -0.15) is 0 Å². The van der Waals surface area contributed by atoms with Gasteiger partial charge in [-0.3, -0.25) is 9.59 Å². The van der Waals surface area contributed by atoms with Gasteiger partial charge >= 0.3 is 0 Å². The molecule has 0 heterocycles. The summed E-state index contributed by atoms with van der Waals surface area (Å²) < 4.78 is 13.8. The zero-order valence-electron chi connectivity index (χ0n) is 14.9. The van der Waals surface area contributed by atoms with E-state index in [0.29, 0.717) is 5.02 Å². The largest absolute Gasteiger partial charge is 0.348 e. The van der Waals surface area contributed by atoms with Gasteiger partial charge in [0.1, 0.15) is 11.9 Å². The molecule has 2 atom stereocenters. The number of amides is 2. The standard InChI is InChI=1S/C20H22ClFN2O2/c1-12(2)18(24-19(25)16-6-4-5-7-17(16)22)20(26)23-13(3)14-8-10-15(21)11-9-14/h4-13,18H,1-3H3,(H,23,26)(H,24,25). The number of rotatable bonds is 6. The molecular formula is C20H22ClFN2O2. The second kappa shape index (κ2) is 8.81. The third kappa shape index (κ3) is 5.05. The molecule has 2 aromatic carbocycles. The third-order valence-electron chi connectivity index (χ3n) is 4.08. The highest BCUT2D eigenvalue weighted by Crippen LogP contribution is 2.17.